The summed E-state index contributed by atoms with van der Waals surface area (Å²) in [5, 5.41) is 3.99. The van der Waals surface area contributed by atoms with Gasteiger partial charge in [0, 0.05) is 36.0 Å². The zero-order valence-corrected chi connectivity index (χ0v) is 17.8. The molecular weight excluding hydrogens is 394 g/mol. The maximum Gasteiger partial charge on any atom is 0.274 e. The van der Waals surface area contributed by atoms with E-state index in [9.17, 15) is 9.59 Å². The Balaban J connectivity index is 1.87. The number of nitrogens with one attached hydrogen (secondary N) is 2. The summed E-state index contributed by atoms with van der Waals surface area (Å²) < 4.78 is 12.8. The third-order valence-electron chi connectivity index (χ3n) is 5.40. The van der Waals surface area contributed by atoms with Gasteiger partial charge < -0.3 is 24.3 Å². The number of aldehydes is 1. The summed E-state index contributed by atoms with van der Waals surface area (Å²) in [5.74, 6) is 0.812. The third kappa shape index (κ3) is 4.04. The number of allylic oxidation sites excluding steroid dienone is 3. The van der Waals surface area contributed by atoms with Crippen molar-refractivity contribution in [1.29, 1.82) is 0 Å². The molecule has 2 N–H and O–H groups in total. The minimum atomic E-state index is -0.139. The first-order valence-electron chi connectivity index (χ1n) is 10.1. The number of aromatic nitrogens is 2. The summed E-state index contributed by atoms with van der Waals surface area (Å²) in [4.78, 5) is 27.7. The number of aromatic amines is 1. The smallest absolute Gasteiger partial charge is 0.274 e. The van der Waals surface area contributed by atoms with E-state index in [4.69, 9.17) is 9.47 Å². The molecule has 1 aromatic carbocycles. The summed E-state index contributed by atoms with van der Waals surface area (Å²) in [6, 6.07) is 7.89. The highest BCUT2D eigenvalue weighted by Crippen LogP contribution is 2.30. The van der Waals surface area contributed by atoms with Crippen molar-refractivity contribution in [3.05, 3.63) is 81.7 Å². The molecular formula is C24H25N3O4. The standard InChI is InChI=1S/C24H25N3O4/c1-15-5-4-6-16(2)23(15)31-21(12-28)18(7-9-25-17-13-30-14-17)20-11-27(3)24(29)22-19(20)8-10-26-22/h4-12,17,25-26H,13-14H2,1-3H3/b9-7-,21-18-. The van der Waals surface area contributed by atoms with Crippen LogP contribution in [0.3, 0.4) is 0 Å². The van der Waals surface area contributed by atoms with Crippen LogP contribution in [0.1, 0.15) is 16.7 Å². The zero-order valence-electron chi connectivity index (χ0n) is 17.8. The summed E-state index contributed by atoms with van der Waals surface area (Å²) in [6.45, 7) is 5.17. The molecule has 3 aromatic rings. The van der Waals surface area contributed by atoms with Gasteiger partial charge in [-0.25, -0.2) is 0 Å². The predicted molar refractivity (Wildman–Crippen MR) is 120 cm³/mol. The minimum absolute atomic E-state index is 0.139. The van der Waals surface area contributed by atoms with E-state index in [-0.39, 0.29) is 17.4 Å². The van der Waals surface area contributed by atoms with Crippen molar-refractivity contribution in [3.8, 4) is 5.75 Å². The first-order chi connectivity index (χ1) is 15.0. The lowest BCUT2D eigenvalue weighted by Crippen LogP contribution is -2.43. The van der Waals surface area contributed by atoms with E-state index >= 15 is 0 Å². The summed E-state index contributed by atoms with van der Waals surface area (Å²) in [6.07, 6.45) is 7.75. The van der Waals surface area contributed by atoms with Gasteiger partial charge in [-0.05, 0) is 43.3 Å². The molecule has 0 radical (unpaired) electrons. The van der Waals surface area contributed by atoms with E-state index in [1.165, 1.54) is 4.57 Å². The molecule has 1 fully saturated rings. The van der Waals surface area contributed by atoms with Gasteiger partial charge >= 0.3 is 0 Å². The van der Waals surface area contributed by atoms with Crippen molar-refractivity contribution in [2.24, 2.45) is 7.05 Å². The number of carbonyl (C=O) groups is 1. The number of para-hydroxylation sites is 1. The van der Waals surface area contributed by atoms with Gasteiger partial charge in [0.1, 0.15) is 11.3 Å². The number of carbonyl (C=O) groups excluding carboxylic acids is 1. The van der Waals surface area contributed by atoms with Crippen LogP contribution in [0, 0.1) is 13.8 Å². The lowest BCUT2D eigenvalue weighted by Gasteiger charge is -2.26. The average molecular weight is 419 g/mol. The largest absolute Gasteiger partial charge is 0.453 e. The van der Waals surface area contributed by atoms with Crippen LogP contribution in [0.2, 0.25) is 0 Å². The third-order valence-corrected chi connectivity index (χ3v) is 5.40. The molecule has 0 amide bonds. The molecule has 0 unspecified atom stereocenters. The molecule has 7 heteroatoms. The van der Waals surface area contributed by atoms with Gasteiger partial charge in [0.2, 0.25) is 0 Å². The van der Waals surface area contributed by atoms with E-state index in [0.717, 1.165) is 22.1 Å². The van der Waals surface area contributed by atoms with Crippen LogP contribution in [0.25, 0.3) is 16.5 Å². The van der Waals surface area contributed by atoms with Crippen molar-refractivity contribution in [1.82, 2.24) is 14.9 Å². The number of hydrogen-bond donors (Lipinski definition) is 2. The Bertz CT molecular complexity index is 1230. The van der Waals surface area contributed by atoms with Crippen molar-refractivity contribution in [3.63, 3.8) is 0 Å². The van der Waals surface area contributed by atoms with E-state index in [1.54, 1.807) is 25.6 Å². The fourth-order valence-electron chi connectivity index (χ4n) is 3.60. The summed E-state index contributed by atoms with van der Waals surface area (Å²) in [7, 11) is 1.68. The van der Waals surface area contributed by atoms with Gasteiger partial charge in [-0.3, -0.25) is 9.59 Å². The van der Waals surface area contributed by atoms with Crippen LogP contribution in [0.4, 0.5) is 0 Å². The lowest BCUT2D eigenvalue weighted by molar-refractivity contribution is -0.106. The number of fused-ring (bicyclic) bond motifs is 1. The van der Waals surface area contributed by atoms with Crippen LogP contribution in [0.15, 0.2) is 59.5 Å². The molecule has 7 nitrogen and oxygen atoms in total. The minimum Gasteiger partial charge on any atom is -0.453 e. The highest BCUT2D eigenvalue weighted by Gasteiger charge is 2.19. The Morgan fingerprint density at radius 3 is 2.65 bits per heavy atom. The maximum absolute atomic E-state index is 12.5. The van der Waals surface area contributed by atoms with Gasteiger partial charge in [0.25, 0.3) is 5.56 Å². The number of aryl methyl sites for hydroxylation is 3. The Morgan fingerprint density at radius 2 is 2.00 bits per heavy atom. The van der Waals surface area contributed by atoms with E-state index in [0.29, 0.717) is 36.3 Å². The molecule has 1 saturated heterocycles. The highest BCUT2D eigenvalue weighted by molar-refractivity contribution is 5.99. The fraction of sp³-hybridized carbons (Fsp3) is 0.250. The van der Waals surface area contributed by atoms with Crippen LogP contribution >= 0.6 is 0 Å². The van der Waals surface area contributed by atoms with Crippen molar-refractivity contribution >= 4 is 22.8 Å². The van der Waals surface area contributed by atoms with Gasteiger partial charge in [-0.15, -0.1) is 0 Å². The van der Waals surface area contributed by atoms with Crippen molar-refractivity contribution in [2.75, 3.05) is 13.2 Å². The van der Waals surface area contributed by atoms with E-state index in [1.807, 2.05) is 44.2 Å². The second-order valence-electron chi connectivity index (χ2n) is 7.68. The molecule has 4 rings (SSSR count). The molecule has 3 heterocycles. The molecule has 2 aromatic heterocycles. The van der Waals surface area contributed by atoms with E-state index < -0.39 is 0 Å². The molecule has 0 bridgehead atoms. The lowest BCUT2D eigenvalue weighted by atomic mass is 10.0. The number of ether oxygens (including phenoxy) is 2. The Hall–Kier alpha value is -3.58. The number of hydrogen-bond acceptors (Lipinski definition) is 5. The molecule has 1 aliphatic rings. The summed E-state index contributed by atoms with van der Waals surface area (Å²) in [5.41, 5.74) is 3.49. The van der Waals surface area contributed by atoms with Crippen molar-refractivity contribution < 1.29 is 14.3 Å². The average Bonchev–Trinajstić information content (AvgIpc) is 3.21. The second kappa shape index (κ2) is 8.65. The fourth-order valence-corrected chi connectivity index (χ4v) is 3.60. The van der Waals surface area contributed by atoms with Gasteiger partial charge in [-0.2, -0.15) is 0 Å². The highest BCUT2D eigenvalue weighted by atomic mass is 16.5. The van der Waals surface area contributed by atoms with Crippen LogP contribution in [0.5, 0.6) is 5.75 Å². The molecule has 1 aliphatic heterocycles. The monoisotopic (exact) mass is 419 g/mol. The normalized spacial score (nSPS) is 15.1. The van der Waals surface area contributed by atoms with Gasteiger partial charge in [0.05, 0.1) is 19.3 Å². The molecule has 160 valence electrons. The number of H-pyrrole nitrogens is 1. The first-order valence-corrected chi connectivity index (χ1v) is 10.1. The quantitative estimate of drug-likeness (QED) is 0.266. The summed E-state index contributed by atoms with van der Waals surface area (Å²) >= 11 is 0. The number of rotatable bonds is 7. The molecule has 0 aliphatic carbocycles. The van der Waals surface area contributed by atoms with Crippen molar-refractivity contribution in [2.45, 2.75) is 19.9 Å². The molecule has 31 heavy (non-hydrogen) atoms. The predicted octanol–water partition coefficient (Wildman–Crippen LogP) is 2.97. The van der Waals surface area contributed by atoms with Gasteiger partial charge in [-0.1, -0.05) is 18.2 Å². The van der Waals surface area contributed by atoms with Crippen LogP contribution in [-0.2, 0) is 16.6 Å². The topological polar surface area (TPSA) is 85.3 Å². The Morgan fingerprint density at radius 1 is 1.26 bits per heavy atom. The van der Waals surface area contributed by atoms with Gasteiger partial charge in [0.15, 0.2) is 12.0 Å². The maximum atomic E-state index is 12.5. The zero-order chi connectivity index (χ0) is 22.0. The Kier molecular flexibility index (Phi) is 5.77. The molecule has 0 saturated carbocycles. The number of benzene rings is 1. The molecule has 0 atom stereocenters. The number of nitrogens with zero attached hydrogens (tertiary/aromatic N) is 1. The molecule has 0 spiro atoms. The Labute approximate surface area is 180 Å². The SMILES string of the molecule is Cc1cccc(C)c1O/C(C=O)=C(/C=C\NC1COC1)c1cn(C)c(=O)c2[nH]ccc12. The first kappa shape index (κ1) is 20.7. The number of pyridine rings is 1. The van der Waals surface area contributed by atoms with Crippen LogP contribution < -0.4 is 15.6 Å². The van der Waals surface area contributed by atoms with Crippen LogP contribution in [-0.4, -0.2) is 35.1 Å². The second-order valence-corrected chi connectivity index (χ2v) is 7.68. The van der Waals surface area contributed by atoms with E-state index in [2.05, 4.69) is 10.3 Å².